The number of benzene rings is 3. The third-order valence-corrected chi connectivity index (χ3v) is 5.15. The third kappa shape index (κ3) is 5.81. The van der Waals surface area contributed by atoms with Crippen molar-refractivity contribution in [1.82, 2.24) is 5.32 Å². The second-order valence-electron chi connectivity index (χ2n) is 7.33. The zero-order valence-electron chi connectivity index (χ0n) is 18.7. The van der Waals surface area contributed by atoms with Crippen LogP contribution in [0.2, 0.25) is 5.02 Å². The molecule has 0 heterocycles. The molecule has 3 aromatic carbocycles. The number of nitro groups is 1. The maximum atomic E-state index is 12.6. The number of halogens is 1. The van der Waals surface area contributed by atoms with Gasteiger partial charge in [0.15, 0.2) is 11.5 Å². The van der Waals surface area contributed by atoms with Gasteiger partial charge in [-0.2, -0.15) is 0 Å². The number of anilines is 1. The largest absolute Gasteiger partial charge is 0.493 e. The molecule has 0 aliphatic heterocycles. The molecule has 9 nitrogen and oxygen atoms in total. The van der Waals surface area contributed by atoms with Crippen LogP contribution in [0.4, 0.5) is 11.4 Å². The van der Waals surface area contributed by atoms with Gasteiger partial charge in [0.25, 0.3) is 5.91 Å². The Bertz CT molecular complexity index is 1240. The van der Waals surface area contributed by atoms with Crippen molar-refractivity contribution in [1.29, 1.82) is 0 Å². The first-order valence-electron chi connectivity index (χ1n) is 10.1. The van der Waals surface area contributed by atoms with Gasteiger partial charge in [0, 0.05) is 22.3 Å². The molecule has 0 aliphatic rings. The number of hydrogen-bond donors (Lipinski definition) is 2. The van der Waals surface area contributed by atoms with Crippen LogP contribution in [-0.4, -0.2) is 30.4 Å². The van der Waals surface area contributed by atoms with E-state index >= 15 is 0 Å². The second-order valence-corrected chi connectivity index (χ2v) is 7.77. The number of methoxy groups -OCH3 is 1. The normalized spacial score (nSPS) is 10.4. The van der Waals surface area contributed by atoms with E-state index in [-0.39, 0.29) is 46.0 Å². The number of ether oxygens (including phenoxy) is 2. The molecule has 0 unspecified atom stereocenters. The summed E-state index contributed by atoms with van der Waals surface area (Å²) in [6, 6.07) is 14.0. The average molecular weight is 484 g/mol. The highest BCUT2D eigenvalue weighted by Gasteiger charge is 2.19. The van der Waals surface area contributed by atoms with Crippen LogP contribution >= 0.6 is 11.6 Å². The third-order valence-electron chi connectivity index (χ3n) is 4.92. The fraction of sp³-hybridized carbons (Fsp3) is 0.167. The van der Waals surface area contributed by atoms with Gasteiger partial charge in [0.05, 0.1) is 18.6 Å². The highest BCUT2D eigenvalue weighted by Crippen LogP contribution is 2.37. The van der Waals surface area contributed by atoms with E-state index in [9.17, 15) is 19.7 Å². The molecule has 10 heteroatoms. The first kappa shape index (κ1) is 24.5. The minimum Gasteiger partial charge on any atom is -0.493 e. The van der Waals surface area contributed by atoms with Crippen molar-refractivity contribution in [2.45, 2.75) is 13.8 Å². The van der Waals surface area contributed by atoms with Gasteiger partial charge >= 0.3 is 5.69 Å². The highest BCUT2D eigenvalue weighted by molar-refractivity contribution is 6.30. The van der Waals surface area contributed by atoms with Gasteiger partial charge < -0.3 is 20.1 Å². The number of rotatable bonds is 8. The minimum absolute atomic E-state index is 0.0342. The van der Waals surface area contributed by atoms with E-state index in [2.05, 4.69) is 10.6 Å². The number of amides is 2. The Labute approximate surface area is 200 Å². The fourth-order valence-corrected chi connectivity index (χ4v) is 3.36. The Kier molecular flexibility index (Phi) is 7.70. The minimum atomic E-state index is -0.612. The molecule has 0 aromatic heterocycles. The van der Waals surface area contributed by atoms with E-state index in [0.717, 1.165) is 11.1 Å². The van der Waals surface area contributed by atoms with Crippen molar-refractivity contribution in [2.75, 3.05) is 19.0 Å². The van der Waals surface area contributed by atoms with Crippen LogP contribution in [0.25, 0.3) is 0 Å². The maximum absolute atomic E-state index is 12.6. The molecule has 34 heavy (non-hydrogen) atoms. The predicted molar refractivity (Wildman–Crippen MR) is 128 cm³/mol. The first-order valence-corrected chi connectivity index (χ1v) is 10.5. The standard InChI is InChI=1S/C24H22ClN3O6/c1-14-5-4-6-15(2)23(14)27-22(29)13-26-24(30)16-7-9-20(21(11-16)33-3)34-19-10-8-17(25)12-18(19)28(31)32/h4-12H,13H2,1-3H3,(H,26,30)(H,27,29). The van der Waals surface area contributed by atoms with Crippen LogP contribution in [0.1, 0.15) is 21.5 Å². The molecule has 0 bridgehead atoms. The number of para-hydroxylation sites is 1. The Morgan fingerprint density at radius 2 is 1.68 bits per heavy atom. The summed E-state index contributed by atoms with van der Waals surface area (Å²) >= 11 is 5.83. The number of aryl methyl sites for hydroxylation is 2. The molecule has 0 aliphatic carbocycles. The smallest absolute Gasteiger partial charge is 0.313 e. The van der Waals surface area contributed by atoms with Crippen molar-refractivity contribution in [3.63, 3.8) is 0 Å². The van der Waals surface area contributed by atoms with E-state index in [1.165, 1.54) is 43.5 Å². The van der Waals surface area contributed by atoms with Gasteiger partial charge in [0.1, 0.15) is 0 Å². The van der Waals surface area contributed by atoms with Crippen LogP contribution in [0, 0.1) is 24.0 Å². The molecule has 176 valence electrons. The van der Waals surface area contributed by atoms with Crippen molar-refractivity contribution in [2.24, 2.45) is 0 Å². The summed E-state index contributed by atoms with van der Waals surface area (Å²) in [6.07, 6.45) is 0. The number of carbonyl (C=O) groups is 2. The van der Waals surface area contributed by atoms with E-state index in [1.54, 1.807) is 0 Å². The van der Waals surface area contributed by atoms with Crippen LogP contribution in [0.15, 0.2) is 54.6 Å². The highest BCUT2D eigenvalue weighted by atomic mass is 35.5. The van der Waals surface area contributed by atoms with Crippen molar-refractivity contribution in [3.05, 3.63) is 86.4 Å². The van der Waals surface area contributed by atoms with Crippen LogP contribution in [0.3, 0.4) is 0 Å². The summed E-state index contributed by atoms with van der Waals surface area (Å²) < 4.78 is 10.9. The SMILES string of the molecule is COc1cc(C(=O)NCC(=O)Nc2c(C)cccc2C)ccc1Oc1ccc(Cl)cc1[N+](=O)[O-]. The molecule has 2 N–H and O–H groups in total. The number of carbonyl (C=O) groups excluding carboxylic acids is 2. The second kappa shape index (κ2) is 10.7. The van der Waals surface area contributed by atoms with E-state index < -0.39 is 10.8 Å². The van der Waals surface area contributed by atoms with Gasteiger partial charge in [0.2, 0.25) is 11.7 Å². The van der Waals surface area contributed by atoms with Gasteiger partial charge in [-0.1, -0.05) is 29.8 Å². The number of hydrogen-bond acceptors (Lipinski definition) is 6. The summed E-state index contributed by atoms with van der Waals surface area (Å²) in [5.74, 6) is -0.561. The molecule has 3 aromatic rings. The topological polar surface area (TPSA) is 120 Å². The molecule has 2 amide bonds. The summed E-state index contributed by atoms with van der Waals surface area (Å²) in [5, 5.41) is 16.8. The molecular formula is C24H22ClN3O6. The summed E-state index contributed by atoms with van der Waals surface area (Å²) in [4.78, 5) is 35.6. The Morgan fingerprint density at radius 3 is 2.32 bits per heavy atom. The molecule has 0 atom stereocenters. The van der Waals surface area contributed by atoms with Crippen molar-refractivity contribution < 1.29 is 24.0 Å². The number of nitrogens with zero attached hydrogens (tertiary/aromatic N) is 1. The predicted octanol–water partition coefficient (Wildman–Crippen LogP) is 5.03. The van der Waals surface area contributed by atoms with E-state index in [1.807, 2.05) is 32.0 Å². The van der Waals surface area contributed by atoms with Crippen molar-refractivity contribution >= 4 is 34.8 Å². The molecule has 0 saturated heterocycles. The van der Waals surface area contributed by atoms with E-state index in [4.69, 9.17) is 21.1 Å². The Morgan fingerprint density at radius 1 is 1.00 bits per heavy atom. The number of nitro benzene ring substituents is 1. The zero-order chi connectivity index (χ0) is 24.8. The Hall–Kier alpha value is -4.11. The summed E-state index contributed by atoms with van der Waals surface area (Å²) in [5.41, 5.74) is 2.45. The van der Waals surface area contributed by atoms with Gasteiger partial charge in [-0.15, -0.1) is 0 Å². The van der Waals surface area contributed by atoms with Gasteiger partial charge in [-0.05, 0) is 55.3 Å². The molecule has 0 radical (unpaired) electrons. The van der Waals surface area contributed by atoms with E-state index in [0.29, 0.717) is 5.69 Å². The summed E-state index contributed by atoms with van der Waals surface area (Å²) in [7, 11) is 1.37. The van der Waals surface area contributed by atoms with Crippen LogP contribution in [0.5, 0.6) is 17.2 Å². The van der Waals surface area contributed by atoms with Crippen LogP contribution in [-0.2, 0) is 4.79 Å². The fourth-order valence-electron chi connectivity index (χ4n) is 3.19. The molecule has 0 fully saturated rings. The molecular weight excluding hydrogens is 462 g/mol. The lowest BCUT2D eigenvalue weighted by Crippen LogP contribution is -2.33. The number of nitrogens with one attached hydrogen (secondary N) is 2. The van der Waals surface area contributed by atoms with Crippen LogP contribution < -0.4 is 20.1 Å². The lowest BCUT2D eigenvalue weighted by atomic mass is 10.1. The molecule has 3 rings (SSSR count). The lowest BCUT2D eigenvalue weighted by Gasteiger charge is -2.13. The average Bonchev–Trinajstić information content (AvgIpc) is 2.81. The zero-order valence-corrected chi connectivity index (χ0v) is 19.4. The van der Waals surface area contributed by atoms with Gasteiger partial charge in [-0.3, -0.25) is 19.7 Å². The summed E-state index contributed by atoms with van der Waals surface area (Å²) in [6.45, 7) is 3.54. The maximum Gasteiger partial charge on any atom is 0.313 e. The molecule has 0 spiro atoms. The first-order chi connectivity index (χ1) is 16.2. The monoisotopic (exact) mass is 483 g/mol. The van der Waals surface area contributed by atoms with Gasteiger partial charge in [-0.25, -0.2) is 0 Å². The van der Waals surface area contributed by atoms with Crippen molar-refractivity contribution in [3.8, 4) is 17.2 Å². The quantitative estimate of drug-likeness (QED) is 0.342. The lowest BCUT2D eigenvalue weighted by molar-refractivity contribution is -0.385. The molecule has 0 saturated carbocycles. The Balaban J connectivity index is 1.70.